The van der Waals surface area contributed by atoms with Crippen molar-refractivity contribution in [3.05, 3.63) is 0 Å². The van der Waals surface area contributed by atoms with E-state index in [1.54, 1.807) is 0 Å². The second kappa shape index (κ2) is 63.8. The largest absolute Gasteiger partial charge is 0.472 e. The summed E-state index contributed by atoms with van der Waals surface area (Å²) >= 11 is 0. The van der Waals surface area contributed by atoms with Gasteiger partial charge in [-0.1, -0.05) is 310 Å². The molecule has 0 aromatic heterocycles. The quantitative estimate of drug-likeness (QED) is 0.0222. The van der Waals surface area contributed by atoms with Crippen LogP contribution in [0, 0.1) is 0 Å². The first-order chi connectivity index (χ1) is 42.7. The lowest BCUT2D eigenvalue weighted by Crippen LogP contribution is -2.30. The third kappa shape index (κ3) is 62.8. The van der Waals surface area contributed by atoms with Gasteiger partial charge >= 0.3 is 39.5 Å². The number of rotatable bonds is 70. The number of aliphatic hydroxyl groups is 1. The van der Waals surface area contributed by atoms with Crippen LogP contribution < -0.4 is 0 Å². The zero-order chi connectivity index (χ0) is 64.7. The average Bonchev–Trinajstić information content (AvgIpc) is 3.51. The molecule has 2 unspecified atom stereocenters. The number of esters is 4. The van der Waals surface area contributed by atoms with E-state index in [2.05, 4.69) is 27.7 Å². The molecule has 522 valence electrons. The van der Waals surface area contributed by atoms with Gasteiger partial charge in [-0.05, 0) is 25.7 Å². The summed E-state index contributed by atoms with van der Waals surface area (Å²) in [7, 11) is -9.89. The van der Waals surface area contributed by atoms with Crippen molar-refractivity contribution in [1.29, 1.82) is 0 Å². The summed E-state index contributed by atoms with van der Waals surface area (Å²) in [5, 5.41) is 10.5. The first kappa shape index (κ1) is 86.1. The molecule has 0 bridgehead atoms. The van der Waals surface area contributed by atoms with Crippen LogP contribution in [0.5, 0.6) is 0 Å². The molecule has 19 heteroatoms. The Bertz CT molecular complexity index is 1690. The van der Waals surface area contributed by atoms with Gasteiger partial charge in [-0.3, -0.25) is 37.3 Å². The smallest absolute Gasteiger partial charge is 0.462 e. The molecule has 0 radical (unpaired) electrons. The van der Waals surface area contributed by atoms with Crippen LogP contribution in [0.1, 0.15) is 362 Å². The van der Waals surface area contributed by atoms with Crippen molar-refractivity contribution in [3.63, 3.8) is 0 Å². The lowest BCUT2D eigenvalue weighted by atomic mass is 10.0. The van der Waals surface area contributed by atoms with Crippen molar-refractivity contribution in [3.8, 4) is 0 Å². The molecule has 0 aromatic rings. The van der Waals surface area contributed by atoms with E-state index in [0.717, 1.165) is 89.9 Å². The minimum absolute atomic E-state index is 0.106. The highest BCUT2D eigenvalue weighted by Crippen LogP contribution is 2.45. The fourth-order valence-electron chi connectivity index (χ4n) is 10.5. The van der Waals surface area contributed by atoms with Gasteiger partial charge < -0.3 is 33.8 Å². The monoisotopic (exact) mass is 1300 g/mol. The predicted molar refractivity (Wildman–Crippen MR) is 354 cm³/mol. The lowest BCUT2D eigenvalue weighted by molar-refractivity contribution is -0.161. The van der Waals surface area contributed by atoms with Gasteiger partial charge in [0.1, 0.15) is 19.3 Å². The molecule has 0 spiro atoms. The Morgan fingerprint density at radius 1 is 0.273 bits per heavy atom. The maximum Gasteiger partial charge on any atom is 0.472 e. The van der Waals surface area contributed by atoms with Crippen molar-refractivity contribution < 1.29 is 80.2 Å². The standard InChI is InChI=1S/C69H134O17P2/c1-5-9-13-17-21-25-26-27-28-29-30-31-32-33-34-35-36-40-44-48-52-56-69(74)86-65(60-80-67(72)54-50-46-42-38-23-19-15-11-7-3)62-84-88(77,78)82-58-63(70)57-81-87(75,76)83-61-64(85-68(73)55-51-47-43-39-24-20-16-12-8-4)59-79-66(71)53-49-45-41-37-22-18-14-10-6-2/h63-65,70H,5-62H2,1-4H3,(H,75,76)(H,77,78)/t63-,64+,65+/m0/s1. The van der Waals surface area contributed by atoms with Crippen LogP contribution in [-0.4, -0.2) is 96.7 Å². The van der Waals surface area contributed by atoms with Crippen molar-refractivity contribution in [2.75, 3.05) is 39.6 Å². The first-order valence-corrected chi connectivity index (χ1v) is 39.3. The van der Waals surface area contributed by atoms with E-state index in [1.807, 2.05) is 0 Å². The third-order valence-electron chi connectivity index (χ3n) is 16.1. The summed E-state index contributed by atoms with van der Waals surface area (Å²) in [5.74, 6) is -2.13. The Hall–Kier alpha value is -1.94. The topological polar surface area (TPSA) is 237 Å². The number of carbonyl (C=O) groups is 4. The van der Waals surface area contributed by atoms with E-state index in [9.17, 15) is 43.2 Å². The molecule has 0 heterocycles. The first-order valence-electron chi connectivity index (χ1n) is 36.3. The number of hydrogen-bond donors (Lipinski definition) is 3. The Labute approximate surface area is 537 Å². The summed E-state index contributed by atoms with van der Waals surface area (Å²) in [4.78, 5) is 72.3. The number of carbonyl (C=O) groups excluding carboxylic acids is 4. The molecule has 0 rings (SSSR count). The molecular weight excluding hydrogens is 1160 g/mol. The van der Waals surface area contributed by atoms with E-state index < -0.39 is 97.5 Å². The van der Waals surface area contributed by atoms with Crippen LogP contribution in [-0.2, 0) is 65.4 Å². The highest BCUT2D eigenvalue weighted by atomic mass is 31.2. The van der Waals surface area contributed by atoms with Gasteiger partial charge in [-0.15, -0.1) is 0 Å². The molecule has 88 heavy (non-hydrogen) atoms. The molecule has 0 aliphatic heterocycles. The normalized spacial score (nSPS) is 14.0. The van der Waals surface area contributed by atoms with E-state index in [1.165, 1.54) is 193 Å². The second-order valence-corrected chi connectivity index (χ2v) is 27.8. The van der Waals surface area contributed by atoms with Gasteiger partial charge in [-0.25, -0.2) is 9.13 Å². The molecule has 3 N–H and O–H groups in total. The number of ether oxygens (including phenoxy) is 4. The fourth-order valence-corrected chi connectivity index (χ4v) is 12.1. The maximum atomic E-state index is 13.0. The highest BCUT2D eigenvalue weighted by Gasteiger charge is 2.30. The van der Waals surface area contributed by atoms with E-state index >= 15 is 0 Å². The molecule has 17 nitrogen and oxygen atoms in total. The molecule has 5 atom stereocenters. The predicted octanol–water partition coefficient (Wildman–Crippen LogP) is 19.9. The molecule has 0 aliphatic rings. The van der Waals surface area contributed by atoms with Crippen LogP contribution in [0.15, 0.2) is 0 Å². The number of aliphatic hydroxyl groups excluding tert-OH is 1. The molecule has 0 amide bonds. The van der Waals surface area contributed by atoms with Crippen molar-refractivity contribution >= 4 is 39.5 Å². The van der Waals surface area contributed by atoms with Crippen molar-refractivity contribution in [2.24, 2.45) is 0 Å². The van der Waals surface area contributed by atoms with E-state index in [-0.39, 0.29) is 25.7 Å². The Balaban J connectivity index is 5.10. The third-order valence-corrected chi connectivity index (χ3v) is 18.0. The Morgan fingerprint density at radius 3 is 0.670 bits per heavy atom. The van der Waals surface area contributed by atoms with Gasteiger partial charge in [-0.2, -0.15) is 0 Å². The molecule has 0 saturated carbocycles. The number of phosphoric ester groups is 2. The van der Waals surface area contributed by atoms with Crippen molar-refractivity contribution in [1.82, 2.24) is 0 Å². The van der Waals surface area contributed by atoms with Gasteiger partial charge in [0.25, 0.3) is 0 Å². The minimum atomic E-state index is -4.95. The molecule has 0 aromatic carbocycles. The highest BCUT2D eigenvalue weighted by molar-refractivity contribution is 7.47. The van der Waals surface area contributed by atoms with E-state index in [0.29, 0.717) is 25.7 Å². The van der Waals surface area contributed by atoms with Crippen LogP contribution in [0.2, 0.25) is 0 Å². The number of unbranched alkanes of at least 4 members (excludes halogenated alkanes) is 44. The maximum absolute atomic E-state index is 13.0. The van der Waals surface area contributed by atoms with Crippen LogP contribution in [0.3, 0.4) is 0 Å². The second-order valence-electron chi connectivity index (χ2n) is 24.9. The zero-order valence-electron chi connectivity index (χ0n) is 56.7. The van der Waals surface area contributed by atoms with Crippen LogP contribution in [0.25, 0.3) is 0 Å². The van der Waals surface area contributed by atoms with Crippen LogP contribution in [0.4, 0.5) is 0 Å². The summed E-state index contributed by atoms with van der Waals surface area (Å²) in [6.07, 6.45) is 51.5. The lowest BCUT2D eigenvalue weighted by Gasteiger charge is -2.21. The van der Waals surface area contributed by atoms with Gasteiger partial charge in [0.15, 0.2) is 12.2 Å². The van der Waals surface area contributed by atoms with E-state index in [4.69, 9.17) is 37.0 Å². The SMILES string of the molecule is CCCCCCCCCCCCCCCCCCCCCCCC(=O)O[C@H](COC(=O)CCCCCCCCCCC)COP(=O)(O)OC[C@@H](O)COP(=O)(O)OC[C@@H](COC(=O)CCCCCCCCCCC)OC(=O)CCCCCCCCCCC. The summed E-state index contributed by atoms with van der Waals surface area (Å²) < 4.78 is 68.1. The summed E-state index contributed by atoms with van der Waals surface area (Å²) in [6.45, 7) is 4.88. The minimum Gasteiger partial charge on any atom is -0.462 e. The van der Waals surface area contributed by atoms with Crippen LogP contribution >= 0.6 is 15.6 Å². The molecule has 0 fully saturated rings. The van der Waals surface area contributed by atoms with Gasteiger partial charge in [0.05, 0.1) is 26.4 Å². The summed E-state index contributed by atoms with van der Waals surface area (Å²) in [5.41, 5.74) is 0. The zero-order valence-corrected chi connectivity index (χ0v) is 58.5. The summed E-state index contributed by atoms with van der Waals surface area (Å²) in [6, 6.07) is 0. The van der Waals surface area contributed by atoms with Gasteiger partial charge in [0.2, 0.25) is 0 Å². The number of phosphoric acid groups is 2. The average molecular weight is 1300 g/mol. The molecule has 0 saturated heterocycles. The fraction of sp³-hybridized carbons (Fsp3) is 0.942. The Kier molecular flexibility index (Phi) is 62.4. The van der Waals surface area contributed by atoms with Gasteiger partial charge in [0, 0.05) is 25.7 Å². The molecular formula is C69H134O17P2. The van der Waals surface area contributed by atoms with Crippen molar-refractivity contribution in [2.45, 2.75) is 380 Å². The number of hydrogen-bond acceptors (Lipinski definition) is 15. The Morgan fingerprint density at radius 2 is 0.455 bits per heavy atom. The molecule has 0 aliphatic carbocycles.